The van der Waals surface area contributed by atoms with Crippen LogP contribution >= 0.6 is 0 Å². The van der Waals surface area contributed by atoms with Gasteiger partial charge >= 0.3 is 0 Å². The van der Waals surface area contributed by atoms with Gasteiger partial charge in [0, 0.05) is 44.7 Å². The highest BCUT2D eigenvalue weighted by atomic mass is 16.5. The molecule has 3 heterocycles. The molecule has 1 amide bonds. The number of carbonyl (C=O) groups is 1. The van der Waals surface area contributed by atoms with Crippen molar-refractivity contribution < 1.29 is 14.1 Å². The summed E-state index contributed by atoms with van der Waals surface area (Å²) in [7, 11) is 0. The molecule has 0 bridgehead atoms. The number of fused-ring (bicyclic) bond motifs is 1. The number of hydrogen-bond acceptors (Lipinski definition) is 6. The van der Waals surface area contributed by atoms with Crippen molar-refractivity contribution in [3.05, 3.63) is 29.4 Å². The molecule has 136 valence electrons. The van der Waals surface area contributed by atoms with Crippen molar-refractivity contribution >= 4 is 5.91 Å². The first kappa shape index (κ1) is 17.6. The number of ether oxygens (including phenoxy) is 1. The average Bonchev–Trinajstić information content (AvgIpc) is 3.18. The minimum atomic E-state index is -0.202. The highest BCUT2D eigenvalue weighted by Gasteiger charge is 2.21. The normalized spacial score (nSPS) is 18.0. The second-order valence-electron chi connectivity index (χ2n) is 6.40. The van der Waals surface area contributed by atoms with Crippen LogP contribution in [0.3, 0.4) is 0 Å². The van der Waals surface area contributed by atoms with E-state index in [1.807, 2.05) is 27.0 Å². The Morgan fingerprint density at radius 3 is 3.16 bits per heavy atom. The minimum absolute atomic E-state index is 0.00268. The second kappa shape index (κ2) is 7.77. The number of nitrogens with zero attached hydrogens (tertiary/aromatic N) is 4. The standard InChI is InChI=1S/C17H25N5O3/c1-4-24-12(3)17-20-16(25-21-17)8-7-15(23)19-13-5-6-14-18-11(2)9-22(14)10-13/h9,12-13H,4-8,10H2,1-3H3,(H,19,23). The number of hydrogen-bond donors (Lipinski definition) is 1. The van der Waals surface area contributed by atoms with E-state index in [1.54, 1.807) is 0 Å². The number of imidazole rings is 1. The molecule has 0 aliphatic carbocycles. The Hall–Kier alpha value is -2.22. The van der Waals surface area contributed by atoms with E-state index in [0.717, 1.165) is 30.9 Å². The van der Waals surface area contributed by atoms with Crippen molar-refractivity contribution in [2.45, 2.75) is 65.1 Å². The third kappa shape index (κ3) is 4.45. The predicted octanol–water partition coefficient (Wildman–Crippen LogP) is 1.74. The number of aromatic nitrogens is 4. The van der Waals surface area contributed by atoms with Crippen LogP contribution in [0.4, 0.5) is 0 Å². The number of aryl methyl sites for hydroxylation is 3. The highest BCUT2D eigenvalue weighted by Crippen LogP contribution is 2.16. The van der Waals surface area contributed by atoms with Crippen molar-refractivity contribution in [3.63, 3.8) is 0 Å². The average molecular weight is 347 g/mol. The van der Waals surface area contributed by atoms with Crippen LogP contribution in [0.2, 0.25) is 0 Å². The van der Waals surface area contributed by atoms with E-state index in [1.165, 1.54) is 0 Å². The number of carbonyl (C=O) groups excluding carboxylic acids is 1. The molecule has 1 N–H and O–H groups in total. The van der Waals surface area contributed by atoms with Crippen molar-refractivity contribution in [2.75, 3.05) is 6.61 Å². The van der Waals surface area contributed by atoms with Gasteiger partial charge in [-0.05, 0) is 27.2 Å². The first-order chi connectivity index (χ1) is 12.0. The van der Waals surface area contributed by atoms with Crippen LogP contribution in [-0.2, 0) is 28.9 Å². The van der Waals surface area contributed by atoms with E-state index < -0.39 is 0 Å². The van der Waals surface area contributed by atoms with Crippen molar-refractivity contribution in [2.24, 2.45) is 0 Å². The van der Waals surface area contributed by atoms with E-state index >= 15 is 0 Å². The molecule has 2 aromatic rings. The Bertz CT molecular complexity index is 724. The van der Waals surface area contributed by atoms with Crippen LogP contribution in [0, 0.1) is 6.92 Å². The number of rotatable bonds is 7. The largest absolute Gasteiger partial charge is 0.371 e. The quantitative estimate of drug-likeness (QED) is 0.820. The monoisotopic (exact) mass is 347 g/mol. The summed E-state index contributed by atoms with van der Waals surface area (Å²) >= 11 is 0. The predicted molar refractivity (Wildman–Crippen MR) is 89.9 cm³/mol. The van der Waals surface area contributed by atoms with Gasteiger partial charge < -0.3 is 19.1 Å². The van der Waals surface area contributed by atoms with Crippen LogP contribution in [0.25, 0.3) is 0 Å². The molecular weight excluding hydrogens is 322 g/mol. The minimum Gasteiger partial charge on any atom is -0.371 e. The summed E-state index contributed by atoms with van der Waals surface area (Å²) in [4.78, 5) is 21.0. The van der Waals surface area contributed by atoms with E-state index in [9.17, 15) is 4.79 Å². The highest BCUT2D eigenvalue weighted by molar-refractivity contribution is 5.76. The Morgan fingerprint density at radius 2 is 2.36 bits per heavy atom. The molecule has 0 saturated carbocycles. The summed E-state index contributed by atoms with van der Waals surface area (Å²) in [5.74, 6) is 2.09. The SMILES string of the molecule is CCOC(C)c1noc(CCC(=O)NC2CCc3nc(C)cn3C2)n1. The summed E-state index contributed by atoms with van der Waals surface area (Å²) in [6, 6.07) is 0.143. The van der Waals surface area contributed by atoms with Crippen LogP contribution in [0.15, 0.2) is 10.7 Å². The number of nitrogens with one attached hydrogen (secondary N) is 1. The van der Waals surface area contributed by atoms with Gasteiger partial charge in [0.25, 0.3) is 0 Å². The molecule has 2 atom stereocenters. The molecule has 25 heavy (non-hydrogen) atoms. The molecule has 2 aromatic heterocycles. The fourth-order valence-electron chi connectivity index (χ4n) is 3.08. The molecule has 0 saturated heterocycles. The summed E-state index contributed by atoms with van der Waals surface area (Å²) < 4.78 is 12.7. The third-order valence-electron chi connectivity index (χ3n) is 4.31. The molecule has 8 nitrogen and oxygen atoms in total. The maximum absolute atomic E-state index is 12.2. The fraction of sp³-hybridized carbons (Fsp3) is 0.647. The van der Waals surface area contributed by atoms with Crippen LogP contribution in [0.5, 0.6) is 0 Å². The summed E-state index contributed by atoms with van der Waals surface area (Å²) in [5.41, 5.74) is 1.02. The smallest absolute Gasteiger partial charge is 0.227 e. The lowest BCUT2D eigenvalue weighted by Crippen LogP contribution is -2.41. The second-order valence-corrected chi connectivity index (χ2v) is 6.40. The summed E-state index contributed by atoms with van der Waals surface area (Å²) in [6.07, 6.45) is 4.40. The number of amides is 1. The zero-order valence-corrected chi connectivity index (χ0v) is 15.0. The van der Waals surface area contributed by atoms with Gasteiger partial charge in [-0.1, -0.05) is 5.16 Å². The van der Waals surface area contributed by atoms with Gasteiger partial charge in [-0.2, -0.15) is 4.98 Å². The molecule has 0 spiro atoms. The van der Waals surface area contributed by atoms with Crippen LogP contribution in [-0.4, -0.2) is 38.2 Å². The lowest BCUT2D eigenvalue weighted by Gasteiger charge is -2.24. The molecule has 0 fully saturated rings. The topological polar surface area (TPSA) is 95.1 Å². The molecule has 2 unspecified atom stereocenters. The zero-order valence-electron chi connectivity index (χ0n) is 15.0. The third-order valence-corrected chi connectivity index (χ3v) is 4.31. The van der Waals surface area contributed by atoms with Gasteiger partial charge in [0.1, 0.15) is 11.9 Å². The summed E-state index contributed by atoms with van der Waals surface area (Å²) in [5, 5.41) is 6.99. The Kier molecular flexibility index (Phi) is 5.47. The Balaban J connectivity index is 1.46. The molecule has 0 radical (unpaired) electrons. The fourth-order valence-corrected chi connectivity index (χ4v) is 3.08. The molecule has 1 aliphatic rings. The van der Waals surface area contributed by atoms with Gasteiger partial charge in [0.2, 0.25) is 11.8 Å². The first-order valence-electron chi connectivity index (χ1n) is 8.81. The summed E-state index contributed by atoms with van der Waals surface area (Å²) in [6.45, 7) is 7.15. The van der Waals surface area contributed by atoms with Gasteiger partial charge in [-0.25, -0.2) is 4.98 Å². The molecule has 3 rings (SSSR count). The van der Waals surface area contributed by atoms with Crippen LogP contribution < -0.4 is 5.32 Å². The lowest BCUT2D eigenvalue weighted by atomic mass is 10.1. The maximum atomic E-state index is 12.2. The zero-order chi connectivity index (χ0) is 17.8. The molecule has 8 heteroatoms. The van der Waals surface area contributed by atoms with E-state index in [-0.39, 0.29) is 18.1 Å². The van der Waals surface area contributed by atoms with Gasteiger partial charge in [-0.3, -0.25) is 4.79 Å². The van der Waals surface area contributed by atoms with Gasteiger partial charge in [-0.15, -0.1) is 0 Å². The Morgan fingerprint density at radius 1 is 1.52 bits per heavy atom. The van der Waals surface area contributed by atoms with E-state index in [4.69, 9.17) is 9.26 Å². The van der Waals surface area contributed by atoms with E-state index in [0.29, 0.717) is 31.2 Å². The van der Waals surface area contributed by atoms with Crippen molar-refractivity contribution in [1.82, 2.24) is 25.0 Å². The lowest BCUT2D eigenvalue weighted by molar-refractivity contribution is -0.122. The van der Waals surface area contributed by atoms with Crippen LogP contribution in [0.1, 0.15) is 56.0 Å². The van der Waals surface area contributed by atoms with E-state index in [2.05, 4.69) is 25.0 Å². The van der Waals surface area contributed by atoms with Gasteiger partial charge in [0.15, 0.2) is 5.82 Å². The molecular formula is C17H25N5O3. The van der Waals surface area contributed by atoms with Gasteiger partial charge in [0.05, 0.1) is 5.69 Å². The van der Waals surface area contributed by atoms with Crippen molar-refractivity contribution in [3.8, 4) is 0 Å². The maximum Gasteiger partial charge on any atom is 0.227 e. The molecule has 0 aromatic carbocycles. The Labute approximate surface area is 147 Å². The first-order valence-corrected chi connectivity index (χ1v) is 8.81. The molecule has 1 aliphatic heterocycles. The van der Waals surface area contributed by atoms with Crippen molar-refractivity contribution in [1.29, 1.82) is 0 Å².